The minimum Gasteiger partial charge on any atom is -0.492 e. The Balaban J connectivity index is 1.59. The molecule has 1 aromatic carbocycles. The number of rotatable bonds is 6. The SMILES string of the molecule is CCOc1cc2c(cc1NC(=O)c1cc(S(=O)(=O)N3CCOCC3)cn1C)OC(C)C2. The number of carbonyl (C=O) groups excluding carboxylic acids is 1. The number of hydrogen-bond donors (Lipinski definition) is 1. The average Bonchev–Trinajstić information content (AvgIpc) is 3.31. The van der Waals surface area contributed by atoms with Crippen LogP contribution in [0.2, 0.25) is 0 Å². The zero-order valence-corrected chi connectivity index (χ0v) is 18.7. The quantitative estimate of drug-likeness (QED) is 0.725. The van der Waals surface area contributed by atoms with Crippen molar-refractivity contribution in [3.8, 4) is 11.5 Å². The third-order valence-corrected chi connectivity index (χ3v) is 7.23. The predicted octanol–water partition coefficient (Wildman–Crippen LogP) is 2.02. The molecule has 1 atom stereocenters. The first-order chi connectivity index (χ1) is 14.8. The highest BCUT2D eigenvalue weighted by molar-refractivity contribution is 7.89. The zero-order chi connectivity index (χ0) is 22.2. The summed E-state index contributed by atoms with van der Waals surface area (Å²) in [5.74, 6) is 0.842. The predicted molar refractivity (Wildman–Crippen MR) is 114 cm³/mol. The van der Waals surface area contributed by atoms with E-state index in [0.29, 0.717) is 50.1 Å². The van der Waals surface area contributed by atoms with Crippen LogP contribution in [-0.4, -0.2) is 62.2 Å². The van der Waals surface area contributed by atoms with Gasteiger partial charge in [-0.1, -0.05) is 0 Å². The van der Waals surface area contributed by atoms with Crippen LogP contribution in [0.4, 0.5) is 5.69 Å². The molecule has 10 heteroatoms. The second-order valence-corrected chi connectivity index (χ2v) is 9.60. The first kappa shape index (κ1) is 21.7. The van der Waals surface area contributed by atoms with Crippen LogP contribution in [0.5, 0.6) is 11.5 Å². The fourth-order valence-electron chi connectivity index (χ4n) is 3.84. The van der Waals surface area contributed by atoms with Crippen LogP contribution >= 0.6 is 0 Å². The summed E-state index contributed by atoms with van der Waals surface area (Å²) in [7, 11) is -2.05. The summed E-state index contributed by atoms with van der Waals surface area (Å²) in [6.07, 6.45) is 2.30. The van der Waals surface area contributed by atoms with Gasteiger partial charge < -0.3 is 24.1 Å². The molecule has 0 aliphatic carbocycles. The van der Waals surface area contributed by atoms with Crippen LogP contribution in [0, 0.1) is 0 Å². The first-order valence-corrected chi connectivity index (χ1v) is 11.8. The van der Waals surface area contributed by atoms with E-state index in [9.17, 15) is 13.2 Å². The van der Waals surface area contributed by atoms with Gasteiger partial charge in [-0.25, -0.2) is 8.42 Å². The van der Waals surface area contributed by atoms with E-state index in [4.69, 9.17) is 14.2 Å². The van der Waals surface area contributed by atoms with Gasteiger partial charge in [0.25, 0.3) is 5.91 Å². The largest absolute Gasteiger partial charge is 0.492 e. The highest BCUT2D eigenvalue weighted by Crippen LogP contribution is 2.38. The Hall–Kier alpha value is -2.56. The molecule has 1 amide bonds. The topological polar surface area (TPSA) is 99.1 Å². The average molecular weight is 450 g/mol. The summed E-state index contributed by atoms with van der Waals surface area (Å²) in [5, 5.41) is 2.85. The van der Waals surface area contributed by atoms with Crippen molar-refractivity contribution in [3.63, 3.8) is 0 Å². The molecule has 9 nitrogen and oxygen atoms in total. The van der Waals surface area contributed by atoms with Gasteiger partial charge in [-0.05, 0) is 26.0 Å². The molecule has 1 unspecified atom stereocenters. The molecule has 31 heavy (non-hydrogen) atoms. The number of amides is 1. The Kier molecular flexibility index (Phi) is 5.96. The maximum absolute atomic E-state index is 13.0. The summed E-state index contributed by atoms with van der Waals surface area (Å²) in [4.78, 5) is 13.1. The highest BCUT2D eigenvalue weighted by atomic mass is 32.2. The molecule has 1 aromatic heterocycles. The molecule has 2 aliphatic heterocycles. The summed E-state index contributed by atoms with van der Waals surface area (Å²) >= 11 is 0. The molecule has 0 spiro atoms. The van der Waals surface area contributed by atoms with Gasteiger partial charge in [0.1, 0.15) is 28.2 Å². The third kappa shape index (κ3) is 4.28. The summed E-state index contributed by atoms with van der Waals surface area (Å²) in [6, 6.07) is 5.04. The van der Waals surface area contributed by atoms with E-state index in [0.717, 1.165) is 12.0 Å². The minimum atomic E-state index is -3.69. The Labute approximate surface area is 181 Å². The molecule has 1 fully saturated rings. The van der Waals surface area contributed by atoms with Gasteiger partial charge in [-0.3, -0.25) is 4.79 Å². The normalized spacial score (nSPS) is 19.0. The van der Waals surface area contributed by atoms with E-state index in [1.165, 1.54) is 21.1 Å². The van der Waals surface area contributed by atoms with Crippen molar-refractivity contribution in [3.05, 3.63) is 35.7 Å². The van der Waals surface area contributed by atoms with Crippen LogP contribution < -0.4 is 14.8 Å². The van der Waals surface area contributed by atoms with Crippen LogP contribution in [0.25, 0.3) is 0 Å². The van der Waals surface area contributed by atoms with E-state index in [2.05, 4.69) is 5.32 Å². The number of aromatic nitrogens is 1. The second kappa shape index (κ2) is 8.52. The molecule has 168 valence electrons. The van der Waals surface area contributed by atoms with E-state index in [1.54, 1.807) is 13.1 Å². The summed E-state index contributed by atoms with van der Waals surface area (Å²) < 4.78 is 45.5. The molecule has 1 N–H and O–H groups in total. The lowest BCUT2D eigenvalue weighted by atomic mass is 10.1. The number of carbonyl (C=O) groups is 1. The second-order valence-electron chi connectivity index (χ2n) is 7.66. The van der Waals surface area contributed by atoms with Gasteiger partial charge in [0.05, 0.1) is 25.5 Å². The molecular formula is C21H27N3O6S. The van der Waals surface area contributed by atoms with Crippen LogP contribution in [0.1, 0.15) is 29.9 Å². The maximum Gasteiger partial charge on any atom is 0.272 e. The van der Waals surface area contributed by atoms with Gasteiger partial charge >= 0.3 is 0 Å². The number of hydrogen-bond acceptors (Lipinski definition) is 6. The number of aryl methyl sites for hydroxylation is 1. The van der Waals surface area contributed by atoms with Gasteiger partial charge in [-0.15, -0.1) is 0 Å². The minimum absolute atomic E-state index is 0.0660. The van der Waals surface area contributed by atoms with Crippen LogP contribution in [0.3, 0.4) is 0 Å². The fraction of sp³-hybridized carbons (Fsp3) is 0.476. The maximum atomic E-state index is 13.0. The standard InChI is InChI=1S/C21H27N3O6S/c1-4-29-20-10-15-9-14(2)30-19(15)12-17(20)22-21(25)18-11-16(13-23(18)3)31(26,27)24-5-7-28-8-6-24/h10-14H,4-9H2,1-3H3,(H,22,25). The van der Waals surface area contributed by atoms with E-state index < -0.39 is 15.9 Å². The van der Waals surface area contributed by atoms with Crippen molar-refractivity contribution >= 4 is 21.6 Å². The Bertz CT molecular complexity index is 1090. The first-order valence-electron chi connectivity index (χ1n) is 10.3. The summed E-state index contributed by atoms with van der Waals surface area (Å²) in [6.45, 7) is 5.62. The molecule has 4 rings (SSSR count). The zero-order valence-electron chi connectivity index (χ0n) is 17.9. The highest BCUT2D eigenvalue weighted by Gasteiger charge is 2.29. The molecule has 3 heterocycles. The lowest BCUT2D eigenvalue weighted by Crippen LogP contribution is -2.40. The molecular weight excluding hydrogens is 422 g/mol. The number of nitrogens with one attached hydrogen (secondary N) is 1. The van der Waals surface area contributed by atoms with Gasteiger partial charge in [0.2, 0.25) is 10.0 Å². The number of sulfonamides is 1. The monoisotopic (exact) mass is 449 g/mol. The van der Waals surface area contributed by atoms with E-state index in [1.807, 2.05) is 19.9 Å². The van der Waals surface area contributed by atoms with Crippen LogP contribution in [-0.2, 0) is 28.2 Å². The van der Waals surface area contributed by atoms with Crippen molar-refractivity contribution in [2.45, 2.75) is 31.3 Å². The summed E-state index contributed by atoms with van der Waals surface area (Å²) in [5.41, 5.74) is 1.74. The Morgan fingerprint density at radius 1 is 1.26 bits per heavy atom. The number of fused-ring (bicyclic) bond motifs is 1. The van der Waals surface area contributed by atoms with Crippen molar-refractivity contribution in [1.29, 1.82) is 0 Å². The van der Waals surface area contributed by atoms with E-state index >= 15 is 0 Å². The molecule has 0 saturated carbocycles. The fourth-order valence-corrected chi connectivity index (χ4v) is 5.32. The lowest BCUT2D eigenvalue weighted by molar-refractivity contribution is 0.0730. The van der Waals surface area contributed by atoms with E-state index in [-0.39, 0.29) is 16.7 Å². The Morgan fingerprint density at radius 2 is 2.00 bits per heavy atom. The number of morpholine rings is 1. The number of ether oxygens (including phenoxy) is 3. The van der Waals surface area contributed by atoms with Crippen molar-refractivity contribution in [1.82, 2.24) is 8.87 Å². The van der Waals surface area contributed by atoms with Crippen molar-refractivity contribution < 1.29 is 27.4 Å². The van der Waals surface area contributed by atoms with Gasteiger partial charge in [-0.2, -0.15) is 4.31 Å². The van der Waals surface area contributed by atoms with Crippen molar-refractivity contribution in [2.75, 3.05) is 38.2 Å². The number of anilines is 1. The smallest absolute Gasteiger partial charge is 0.272 e. The molecule has 1 saturated heterocycles. The lowest BCUT2D eigenvalue weighted by Gasteiger charge is -2.25. The van der Waals surface area contributed by atoms with Crippen LogP contribution in [0.15, 0.2) is 29.3 Å². The Morgan fingerprint density at radius 3 is 2.71 bits per heavy atom. The van der Waals surface area contributed by atoms with Gasteiger partial charge in [0, 0.05) is 44.4 Å². The molecule has 0 radical (unpaired) electrons. The number of nitrogens with zero attached hydrogens (tertiary/aromatic N) is 2. The molecule has 2 aliphatic rings. The number of benzene rings is 1. The third-order valence-electron chi connectivity index (χ3n) is 5.37. The van der Waals surface area contributed by atoms with Gasteiger partial charge in [0.15, 0.2) is 0 Å². The molecule has 2 aromatic rings. The molecule has 0 bridgehead atoms. The van der Waals surface area contributed by atoms with Crippen molar-refractivity contribution in [2.24, 2.45) is 7.05 Å².